The molecule has 0 spiro atoms. The summed E-state index contributed by atoms with van der Waals surface area (Å²) < 4.78 is 0.743. The number of hydrogen-bond acceptors (Lipinski definition) is 1. The van der Waals surface area contributed by atoms with Crippen molar-refractivity contribution in [3.8, 4) is 0 Å². The molecule has 0 aliphatic carbocycles. The van der Waals surface area contributed by atoms with Gasteiger partial charge in [0.05, 0.1) is 0 Å². The Morgan fingerprint density at radius 2 is 1.00 bits per heavy atom. The number of hydrogen-bond donors (Lipinski definition) is 1. The molecule has 1 nitrogen and oxygen atoms in total. The van der Waals surface area contributed by atoms with Crippen LogP contribution in [0.15, 0.2) is 0 Å². The monoisotopic (exact) mass is 621 g/mol. The fraction of sp³-hybridized carbons (Fsp3) is 1.00. The van der Waals surface area contributed by atoms with Crippen molar-refractivity contribution in [1.82, 2.24) is 6.15 Å². The molecule has 0 aromatic heterocycles. The van der Waals surface area contributed by atoms with E-state index in [0.717, 1.165) is -0.0619 Å². The molecule has 0 saturated heterocycles. The van der Waals surface area contributed by atoms with Crippen molar-refractivity contribution < 1.29 is 0 Å². The summed E-state index contributed by atoms with van der Waals surface area (Å²) in [4.78, 5) is 0. The van der Waals surface area contributed by atoms with E-state index in [1.807, 2.05) is 0 Å². The minimum absolute atomic E-state index is 0. The summed E-state index contributed by atoms with van der Waals surface area (Å²) in [6, 6.07) is 0. The van der Waals surface area contributed by atoms with Gasteiger partial charge >= 0.3 is 27.3 Å². The van der Waals surface area contributed by atoms with Crippen molar-refractivity contribution in [3.05, 3.63) is 0 Å². The normalized spacial score (nSPS) is 6.00. The molecule has 3 N–H and O–H groups in total. The van der Waals surface area contributed by atoms with E-state index in [4.69, 9.17) is 0 Å². The second-order valence-corrected chi connectivity index (χ2v) is 11.1. The quantitative estimate of drug-likeness (QED) is 0.251. The van der Waals surface area contributed by atoms with Crippen LogP contribution in [0.3, 0.4) is 0 Å². The third kappa shape index (κ3) is 27.6. The first kappa shape index (κ1) is 16.0. The number of alkyl halides is 3. The predicted octanol–water partition coefficient (Wildman–Crippen LogP) is 1.82. The molecule has 0 aliphatic heterocycles. The molecule has 0 aromatic carbocycles. The second kappa shape index (κ2) is 10.9. The number of halogens is 3. The van der Waals surface area contributed by atoms with E-state index < -0.39 is 0 Å². The number of rotatable bonds is 0. The molecule has 0 saturated carbocycles. The van der Waals surface area contributed by atoms with Crippen molar-refractivity contribution in [2.24, 2.45) is 0 Å². The molecule has 0 fully saturated rings. The Kier molecular flexibility index (Phi) is 29.3. The van der Waals surface area contributed by atoms with Crippen LogP contribution in [0.1, 0.15) is 0 Å². The molecule has 0 amide bonds. The van der Waals surface area contributed by atoms with Crippen molar-refractivity contribution in [2.45, 2.75) is -0.0619 Å². The molecule has 0 bridgehead atoms. The molecule has 6 heavy (non-hydrogen) atoms. The van der Waals surface area contributed by atoms with Gasteiger partial charge in [0, 0.05) is 0 Å². The van der Waals surface area contributed by atoms with E-state index in [9.17, 15) is 0 Å². The van der Waals surface area contributed by atoms with Crippen LogP contribution in [0.25, 0.3) is 0 Å². The van der Waals surface area contributed by atoms with Crippen LogP contribution in [0.5, 0.6) is 0 Å². The maximum atomic E-state index is 2.32. The summed E-state index contributed by atoms with van der Waals surface area (Å²) in [5.41, 5.74) is 0. The second-order valence-electron chi connectivity index (χ2n) is 0.247. The standard InChI is InChI=1S/CHI3.H3N.Pb.2H/c2-1(3)4;;;;/h1H;1H3;;;. The van der Waals surface area contributed by atoms with Gasteiger partial charge in [0.25, 0.3) is 0 Å². The molecule has 0 aliphatic rings. The summed E-state index contributed by atoms with van der Waals surface area (Å²) >= 11 is 6.95. The van der Waals surface area contributed by atoms with Gasteiger partial charge in [0.1, 0.15) is -0.0619 Å². The summed E-state index contributed by atoms with van der Waals surface area (Å²) in [7, 11) is 0. The van der Waals surface area contributed by atoms with Crippen LogP contribution in [0.4, 0.5) is 0 Å². The fourth-order valence-electron chi connectivity index (χ4n) is 0. The van der Waals surface area contributed by atoms with E-state index in [0.29, 0.717) is 0 Å². The molecule has 40 valence electrons. The Bertz CT molecular complexity index is 15.5. The molecule has 0 atom stereocenters. The van der Waals surface area contributed by atoms with Crippen LogP contribution in [0, 0.1) is 0 Å². The SMILES string of the molecule is IC(I)I.N.[PbH2]. The summed E-state index contributed by atoms with van der Waals surface area (Å²) in [5, 5.41) is 0. The van der Waals surface area contributed by atoms with Crippen molar-refractivity contribution in [1.29, 1.82) is 0 Å². The van der Waals surface area contributed by atoms with E-state index >= 15 is 0 Å². The zero-order valence-corrected chi connectivity index (χ0v) is 15.1. The van der Waals surface area contributed by atoms with E-state index in [2.05, 4.69) is 67.8 Å². The molecule has 0 unspecified atom stereocenters. The molecular weight excluding hydrogens is 614 g/mol. The zero-order valence-electron chi connectivity index (χ0n) is 3.13. The first-order chi connectivity index (χ1) is 1.73. The van der Waals surface area contributed by atoms with Gasteiger partial charge in [-0.1, -0.05) is 67.8 Å². The van der Waals surface area contributed by atoms with Crippen LogP contribution in [-0.2, 0) is 0 Å². The predicted molar refractivity (Wildman–Crippen MR) is 59.4 cm³/mol. The summed E-state index contributed by atoms with van der Waals surface area (Å²) in [6.45, 7) is 0. The topological polar surface area (TPSA) is 35.0 Å². The third-order valence-electron chi connectivity index (χ3n) is 0. The first-order valence-corrected chi connectivity index (χ1v) is 4.39. The Morgan fingerprint density at radius 1 is 1.00 bits per heavy atom. The van der Waals surface area contributed by atoms with Gasteiger partial charge < -0.3 is 6.15 Å². The first-order valence-electron chi connectivity index (χ1n) is 0.655. The summed E-state index contributed by atoms with van der Waals surface area (Å²) in [6.07, 6.45) is 0. The van der Waals surface area contributed by atoms with Crippen molar-refractivity contribution in [2.75, 3.05) is 0 Å². The van der Waals surface area contributed by atoms with Gasteiger partial charge in [-0.25, -0.2) is 0 Å². The average molecular weight is 620 g/mol. The van der Waals surface area contributed by atoms with Crippen LogP contribution in [0.2, 0.25) is 0 Å². The minimum atomic E-state index is 0. The van der Waals surface area contributed by atoms with Gasteiger partial charge in [0.15, 0.2) is 0 Å². The molecule has 0 heterocycles. The molecule has 5 heteroatoms. The molecule has 2 radical (unpaired) electrons. The Balaban J connectivity index is -0.0000000450. The van der Waals surface area contributed by atoms with Gasteiger partial charge in [-0.05, 0) is 0 Å². The Morgan fingerprint density at radius 3 is 1.00 bits per heavy atom. The van der Waals surface area contributed by atoms with Crippen LogP contribution >= 0.6 is 67.8 Å². The molecule has 0 aromatic rings. The van der Waals surface area contributed by atoms with E-state index in [-0.39, 0.29) is 33.4 Å². The molecule has 0 rings (SSSR count). The van der Waals surface area contributed by atoms with Gasteiger partial charge in [-0.3, -0.25) is 0 Å². The maximum absolute atomic E-state index is 2.32. The average Bonchev–Trinajstić information content (AvgIpc) is 0.811. The van der Waals surface area contributed by atoms with E-state index in [1.165, 1.54) is 0 Å². The fourth-order valence-corrected chi connectivity index (χ4v) is 0. The summed E-state index contributed by atoms with van der Waals surface area (Å²) in [5.74, 6) is 0. The van der Waals surface area contributed by atoms with Gasteiger partial charge in [-0.15, -0.1) is 0 Å². The van der Waals surface area contributed by atoms with Crippen LogP contribution < -0.4 is 6.15 Å². The molecular formula is CH6I3NPb. The van der Waals surface area contributed by atoms with Gasteiger partial charge in [-0.2, -0.15) is 0 Å². The van der Waals surface area contributed by atoms with E-state index in [1.54, 1.807) is 0 Å². The van der Waals surface area contributed by atoms with Gasteiger partial charge in [0.2, 0.25) is 0 Å². The Hall–Kier alpha value is 3.07. The van der Waals surface area contributed by atoms with Crippen molar-refractivity contribution in [3.63, 3.8) is 0 Å². The van der Waals surface area contributed by atoms with Crippen LogP contribution in [-0.4, -0.2) is 27.2 Å². The third-order valence-corrected chi connectivity index (χ3v) is 0. The van der Waals surface area contributed by atoms with Crippen molar-refractivity contribution >= 4 is 95.1 Å². The Labute approximate surface area is 98.9 Å². The zero-order chi connectivity index (χ0) is 3.58.